The molecule has 184 valence electrons. The van der Waals surface area contributed by atoms with Gasteiger partial charge in [0, 0.05) is 17.7 Å². The number of fused-ring (bicyclic) bond motifs is 2. The Bertz CT molecular complexity index is 1830. The lowest BCUT2D eigenvalue weighted by Gasteiger charge is -2.17. The molecular formula is C30H20N4O4. The molecule has 0 atom stereocenters. The van der Waals surface area contributed by atoms with Crippen molar-refractivity contribution in [2.75, 3.05) is 4.90 Å². The molecule has 1 amide bonds. The third kappa shape index (κ3) is 3.94. The van der Waals surface area contributed by atoms with Crippen LogP contribution in [0.1, 0.15) is 17.0 Å². The summed E-state index contributed by atoms with van der Waals surface area (Å²) >= 11 is 0. The molecule has 5 aromatic rings. The van der Waals surface area contributed by atoms with Gasteiger partial charge in [0.15, 0.2) is 0 Å². The molecule has 0 unspecified atom stereocenters. The minimum absolute atomic E-state index is 0.155. The number of hydrogen-bond acceptors (Lipinski definition) is 5. The Morgan fingerprint density at radius 2 is 1.58 bits per heavy atom. The highest BCUT2D eigenvalue weighted by Crippen LogP contribution is 2.38. The Morgan fingerprint density at radius 1 is 0.842 bits per heavy atom. The highest BCUT2D eigenvalue weighted by Gasteiger charge is 2.32. The molecule has 0 saturated heterocycles. The fourth-order valence-corrected chi connectivity index (χ4v) is 4.74. The summed E-state index contributed by atoms with van der Waals surface area (Å²) in [6, 6.07) is 29.9. The zero-order valence-corrected chi connectivity index (χ0v) is 20.0. The quantitative estimate of drug-likeness (QED) is 0.183. The van der Waals surface area contributed by atoms with Crippen LogP contribution in [0.3, 0.4) is 0 Å². The normalized spacial score (nSPS) is 13.7. The molecule has 0 radical (unpaired) electrons. The van der Waals surface area contributed by atoms with Crippen molar-refractivity contribution in [2.24, 2.45) is 0 Å². The maximum Gasteiger partial charge on any atom is 0.271 e. The van der Waals surface area contributed by atoms with Gasteiger partial charge in [0.1, 0.15) is 5.82 Å². The SMILES string of the molecule is O=C1C(=Cc2nc3ccccc3c(=O)n2-c2cccc([N+](=O)[O-])c2)c2ccccc2N1Cc1ccccc1. The number of nitrogens with zero attached hydrogens (tertiary/aromatic N) is 4. The molecule has 0 spiro atoms. The van der Waals surface area contributed by atoms with Gasteiger partial charge in [0.25, 0.3) is 17.2 Å². The first kappa shape index (κ1) is 23.1. The van der Waals surface area contributed by atoms with Crippen LogP contribution in [-0.2, 0) is 11.3 Å². The van der Waals surface area contributed by atoms with Crippen LogP contribution in [0.4, 0.5) is 11.4 Å². The smallest absolute Gasteiger partial charge is 0.271 e. The molecular weight excluding hydrogens is 480 g/mol. The van der Waals surface area contributed by atoms with Crippen molar-refractivity contribution >= 4 is 39.8 Å². The lowest BCUT2D eigenvalue weighted by molar-refractivity contribution is -0.384. The van der Waals surface area contributed by atoms with Crippen LogP contribution in [0.25, 0.3) is 28.2 Å². The number of rotatable bonds is 5. The van der Waals surface area contributed by atoms with Gasteiger partial charge < -0.3 is 4.90 Å². The average Bonchev–Trinajstić information content (AvgIpc) is 3.20. The largest absolute Gasteiger partial charge is 0.303 e. The predicted molar refractivity (Wildman–Crippen MR) is 146 cm³/mol. The Kier molecular flexibility index (Phi) is 5.61. The van der Waals surface area contributed by atoms with Crippen molar-refractivity contribution in [1.29, 1.82) is 0 Å². The van der Waals surface area contributed by atoms with Gasteiger partial charge in [-0.05, 0) is 35.9 Å². The first-order chi connectivity index (χ1) is 18.5. The monoisotopic (exact) mass is 500 g/mol. The first-order valence-corrected chi connectivity index (χ1v) is 11.9. The summed E-state index contributed by atoms with van der Waals surface area (Å²) in [5, 5.41) is 11.8. The number of non-ortho nitro benzene ring substituents is 1. The van der Waals surface area contributed by atoms with Gasteiger partial charge >= 0.3 is 0 Å². The third-order valence-electron chi connectivity index (χ3n) is 6.52. The average molecular weight is 501 g/mol. The number of hydrogen-bond donors (Lipinski definition) is 0. The number of nitro groups is 1. The van der Waals surface area contributed by atoms with Crippen molar-refractivity contribution in [3.63, 3.8) is 0 Å². The van der Waals surface area contributed by atoms with Gasteiger partial charge in [-0.1, -0.05) is 66.7 Å². The van der Waals surface area contributed by atoms with Gasteiger partial charge in [-0.25, -0.2) is 4.98 Å². The minimum Gasteiger partial charge on any atom is -0.303 e. The van der Waals surface area contributed by atoms with Gasteiger partial charge in [-0.15, -0.1) is 0 Å². The van der Waals surface area contributed by atoms with Gasteiger partial charge in [-0.3, -0.25) is 24.3 Å². The highest BCUT2D eigenvalue weighted by molar-refractivity contribution is 6.35. The molecule has 0 saturated carbocycles. The van der Waals surface area contributed by atoms with Crippen molar-refractivity contribution in [3.8, 4) is 5.69 Å². The van der Waals surface area contributed by atoms with E-state index in [-0.39, 0.29) is 28.7 Å². The van der Waals surface area contributed by atoms with E-state index in [0.29, 0.717) is 23.0 Å². The fourth-order valence-electron chi connectivity index (χ4n) is 4.74. The second-order valence-electron chi connectivity index (χ2n) is 8.86. The third-order valence-corrected chi connectivity index (χ3v) is 6.52. The van der Waals surface area contributed by atoms with Gasteiger partial charge in [-0.2, -0.15) is 0 Å². The van der Waals surface area contributed by atoms with Crippen molar-refractivity contribution in [3.05, 3.63) is 141 Å². The minimum atomic E-state index is -0.515. The maximum absolute atomic E-state index is 13.8. The second-order valence-corrected chi connectivity index (χ2v) is 8.86. The fraction of sp³-hybridized carbons (Fsp3) is 0.0333. The number of carbonyl (C=O) groups is 1. The summed E-state index contributed by atoms with van der Waals surface area (Å²) in [5.41, 5.74) is 3.06. The van der Waals surface area contributed by atoms with Crippen molar-refractivity contribution < 1.29 is 9.72 Å². The number of benzene rings is 4. The van der Waals surface area contributed by atoms with Crippen LogP contribution in [0.15, 0.2) is 108 Å². The van der Waals surface area contributed by atoms with E-state index < -0.39 is 4.92 Å². The molecule has 2 heterocycles. The summed E-state index contributed by atoms with van der Waals surface area (Å²) in [7, 11) is 0. The van der Waals surface area contributed by atoms with E-state index in [0.717, 1.165) is 16.8 Å². The summed E-state index contributed by atoms with van der Waals surface area (Å²) in [6.07, 6.45) is 1.60. The second kappa shape index (κ2) is 9.25. The van der Waals surface area contributed by atoms with Crippen LogP contribution in [0.2, 0.25) is 0 Å². The summed E-state index contributed by atoms with van der Waals surface area (Å²) in [6.45, 7) is 0.386. The first-order valence-electron chi connectivity index (χ1n) is 11.9. The Balaban J connectivity index is 1.56. The number of para-hydroxylation sites is 2. The molecule has 38 heavy (non-hydrogen) atoms. The van der Waals surface area contributed by atoms with E-state index in [4.69, 9.17) is 4.98 Å². The predicted octanol–water partition coefficient (Wildman–Crippen LogP) is 5.38. The summed E-state index contributed by atoms with van der Waals surface area (Å²) < 4.78 is 1.32. The molecule has 8 heteroatoms. The van der Waals surface area contributed by atoms with E-state index in [2.05, 4.69) is 0 Å². The molecule has 8 nitrogen and oxygen atoms in total. The van der Waals surface area contributed by atoms with E-state index in [1.807, 2.05) is 54.6 Å². The summed E-state index contributed by atoms with van der Waals surface area (Å²) in [5.74, 6) is -0.0167. The zero-order chi connectivity index (χ0) is 26.2. The highest BCUT2D eigenvalue weighted by atomic mass is 16.6. The Morgan fingerprint density at radius 3 is 2.39 bits per heavy atom. The van der Waals surface area contributed by atoms with Crippen LogP contribution >= 0.6 is 0 Å². The topological polar surface area (TPSA) is 98.3 Å². The maximum atomic E-state index is 13.8. The molecule has 0 fully saturated rings. The number of nitro benzene ring substituents is 1. The van der Waals surface area contributed by atoms with E-state index in [1.54, 1.807) is 41.3 Å². The van der Waals surface area contributed by atoms with Gasteiger partial charge in [0.2, 0.25) is 0 Å². The molecule has 0 N–H and O–H groups in total. The Hall–Kier alpha value is -5.37. The van der Waals surface area contributed by atoms with Crippen LogP contribution in [-0.4, -0.2) is 20.4 Å². The van der Waals surface area contributed by atoms with Crippen molar-refractivity contribution in [1.82, 2.24) is 9.55 Å². The number of anilines is 1. The molecule has 1 aliphatic rings. The lowest BCUT2D eigenvalue weighted by Crippen LogP contribution is -2.26. The van der Waals surface area contributed by atoms with E-state index >= 15 is 0 Å². The summed E-state index contributed by atoms with van der Waals surface area (Å²) in [4.78, 5) is 44.8. The molecule has 6 rings (SSSR count). The molecule has 4 aromatic carbocycles. The number of carbonyl (C=O) groups excluding carboxylic acids is 1. The zero-order valence-electron chi connectivity index (χ0n) is 20.0. The molecule has 1 aliphatic heterocycles. The van der Waals surface area contributed by atoms with Crippen molar-refractivity contribution in [2.45, 2.75) is 6.54 Å². The Labute approximate surface area is 216 Å². The molecule has 1 aromatic heterocycles. The van der Waals surface area contributed by atoms with Gasteiger partial charge in [0.05, 0.1) is 39.3 Å². The number of amides is 1. The van der Waals surface area contributed by atoms with E-state index in [1.165, 1.54) is 22.8 Å². The van der Waals surface area contributed by atoms with E-state index in [9.17, 15) is 19.7 Å². The van der Waals surface area contributed by atoms with Crippen LogP contribution < -0.4 is 10.5 Å². The lowest BCUT2D eigenvalue weighted by atomic mass is 10.1. The number of aromatic nitrogens is 2. The molecule has 0 aliphatic carbocycles. The van der Waals surface area contributed by atoms with Crippen LogP contribution in [0.5, 0.6) is 0 Å². The molecule has 0 bridgehead atoms. The van der Waals surface area contributed by atoms with Crippen LogP contribution in [0, 0.1) is 10.1 Å². The standard InChI is InChI=1S/C30H20N4O4/c35-29-25(23-13-5-7-16-27(23)32(29)19-20-9-2-1-3-10-20)18-28-31-26-15-6-4-14-24(26)30(36)33(28)21-11-8-12-22(17-21)34(37)38/h1-18H,19H2.